The van der Waals surface area contributed by atoms with Crippen LogP contribution < -0.4 is 18.9 Å². The molecule has 0 aliphatic carbocycles. The summed E-state index contributed by atoms with van der Waals surface area (Å²) in [5.74, 6) is -3.75. The normalized spacial score (nSPS) is 10.1. The molecule has 0 radical (unpaired) electrons. The van der Waals surface area contributed by atoms with E-state index in [9.17, 15) is 34.9 Å². The Morgan fingerprint density at radius 1 is 0.767 bits per heavy atom. The van der Waals surface area contributed by atoms with E-state index in [0.717, 1.165) is 25.3 Å². The zero-order valence-corrected chi connectivity index (χ0v) is 15.7. The van der Waals surface area contributed by atoms with Crippen molar-refractivity contribution in [1.29, 1.82) is 0 Å². The molecule has 0 saturated heterocycles. The van der Waals surface area contributed by atoms with Crippen LogP contribution >= 0.6 is 0 Å². The minimum atomic E-state index is -1.65. The van der Waals surface area contributed by atoms with Gasteiger partial charge >= 0.3 is 11.9 Å². The standard InChI is InChI=1S/C17H14N2O11/c1-27-12-5-9(11(19(25)26)7-13(12)28-2)17(22)30-15-4-8(16(20)21)10(18(23)24)6-14(15)29-3/h4-7H,1-3H3,(H,20,21). The Labute approximate surface area is 167 Å². The molecule has 0 amide bonds. The number of esters is 1. The van der Waals surface area contributed by atoms with Gasteiger partial charge in [0.2, 0.25) is 0 Å². The van der Waals surface area contributed by atoms with Crippen LogP contribution in [-0.4, -0.2) is 48.2 Å². The topological polar surface area (TPSA) is 178 Å². The van der Waals surface area contributed by atoms with Gasteiger partial charge in [-0.05, 0) is 0 Å². The Morgan fingerprint density at radius 2 is 1.17 bits per heavy atom. The zero-order chi connectivity index (χ0) is 22.6. The SMILES string of the molecule is COc1cc(C(=O)Oc2cc(C(=O)O)c([N+](=O)[O-])cc2OC)c([N+](=O)[O-])cc1OC. The molecule has 0 heterocycles. The van der Waals surface area contributed by atoms with E-state index in [-0.39, 0.29) is 17.2 Å². The highest BCUT2D eigenvalue weighted by Crippen LogP contribution is 2.38. The molecule has 2 aromatic rings. The fourth-order valence-corrected chi connectivity index (χ4v) is 2.45. The first-order chi connectivity index (χ1) is 14.1. The van der Waals surface area contributed by atoms with Crippen molar-refractivity contribution < 1.29 is 43.5 Å². The summed E-state index contributed by atoms with van der Waals surface area (Å²) in [7, 11) is 3.60. The molecular formula is C17H14N2O11. The van der Waals surface area contributed by atoms with E-state index in [1.54, 1.807) is 0 Å². The summed E-state index contributed by atoms with van der Waals surface area (Å²) in [6.45, 7) is 0. The van der Waals surface area contributed by atoms with Gasteiger partial charge in [0.25, 0.3) is 11.4 Å². The summed E-state index contributed by atoms with van der Waals surface area (Å²) in [6.07, 6.45) is 0. The Morgan fingerprint density at radius 3 is 1.60 bits per heavy atom. The van der Waals surface area contributed by atoms with Gasteiger partial charge in [-0.3, -0.25) is 20.2 Å². The molecule has 0 aliphatic rings. The highest BCUT2D eigenvalue weighted by Gasteiger charge is 2.29. The van der Waals surface area contributed by atoms with Crippen LogP contribution in [0.15, 0.2) is 24.3 Å². The second kappa shape index (κ2) is 8.72. The van der Waals surface area contributed by atoms with Gasteiger partial charge in [-0.2, -0.15) is 0 Å². The molecule has 0 fully saturated rings. The van der Waals surface area contributed by atoms with Gasteiger partial charge in [0.1, 0.15) is 11.1 Å². The molecule has 2 aromatic carbocycles. The lowest BCUT2D eigenvalue weighted by Gasteiger charge is -2.12. The van der Waals surface area contributed by atoms with E-state index in [0.29, 0.717) is 6.07 Å². The monoisotopic (exact) mass is 422 g/mol. The number of carbonyl (C=O) groups is 2. The first kappa shape index (κ1) is 21.9. The molecule has 1 N–H and O–H groups in total. The molecule has 158 valence electrons. The van der Waals surface area contributed by atoms with E-state index in [4.69, 9.17) is 18.9 Å². The molecule has 0 saturated carbocycles. The average Bonchev–Trinajstić information content (AvgIpc) is 2.71. The lowest BCUT2D eigenvalue weighted by atomic mass is 10.1. The molecule has 30 heavy (non-hydrogen) atoms. The van der Waals surface area contributed by atoms with Crippen molar-refractivity contribution in [3.05, 3.63) is 55.6 Å². The zero-order valence-electron chi connectivity index (χ0n) is 15.7. The molecule has 0 spiro atoms. The van der Waals surface area contributed by atoms with E-state index in [2.05, 4.69) is 0 Å². The van der Waals surface area contributed by atoms with E-state index in [1.165, 1.54) is 14.2 Å². The molecular weight excluding hydrogens is 408 g/mol. The third kappa shape index (κ3) is 4.19. The predicted octanol–water partition coefficient (Wildman–Crippen LogP) is 2.45. The summed E-state index contributed by atoms with van der Waals surface area (Å²) < 4.78 is 20.0. The van der Waals surface area contributed by atoms with Crippen molar-refractivity contribution in [3.63, 3.8) is 0 Å². The maximum absolute atomic E-state index is 12.6. The van der Waals surface area contributed by atoms with E-state index >= 15 is 0 Å². The second-order valence-corrected chi connectivity index (χ2v) is 5.45. The van der Waals surface area contributed by atoms with Crippen LogP contribution in [0.25, 0.3) is 0 Å². The molecule has 13 heteroatoms. The maximum atomic E-state index is 12.6. The van der Waals surface area contributed by atoms with Crippen LogP contribution in [0.5, 0.6) is 23.0 Å². The summed E-state index contributed by atoms with van der Waals surface area (Å²) in [5, 5.41) is 31.6. The Kier molecular flexibility index (Phi) is 6.36. The third-order valence-corrected chi connectivity index (χ3v) is 3.83. The number of carboxylic acid groups (broad SMARTS) is 1. The second-order valence-electron chi connectivity index (χ2n) is 5.45. The fraction of sp³-hybridized carbons (Fsp3) is 0.176. The van der Waals surface area contributed by atoms with E-state index < -0.39 is 50.0 Å². The van der Waals surface area contributed by atoms with Gasteiger partial charge in [0.05, 0.1) is 43.3 Å². The molecule has 0 bridgehead atoms. The summed E-state index contributed by atoms with van der Waals surface area (Å²) in [4.78, 5) is 44.6. The van der Waals surface area contributed by atoms with Crippen molar-refractivity contribution in [2.45, 2.75) is 0 Å². The van der Waals surface area contributed by atoms with Crippen molar-refractivity contribution in [2.75, 3.05) is 21.3 Å². The van der Waals surface area contributed by atoms with Gasteiger partial charge in [0, 0.05) is 12.1 Å². The number of ether oxygens (including phenoxy) is 4. The molecule has 0 atom stereocenters. The van der Waals surface area contributed by atoms with Crippen LogP contribution in [-0.2, 0) is 0 Å². The third-order valence-electron chi connectivity index (χ3n) is 3.83. The number of aromatic carboxylic acids is 1. The largest absolute Gasteiger partial charge is 0.493 e. The van der Waals surface area contributed by atoms with Gasteiger partial charge in [-0.25, -0.2) is 9.59 Å². The number of nitro groups is 2. The van der Waals surface area contributed by atoms with Crippen molar-refractivity contribution in [1.82, 2.24) is 0 Å². The van der Waals surface area contributed by atoms with Crippen LogP contribution in [0.4, 0.5) is 11.4 Å². The maximum Gasteiger partial charge on any atom is 0.350 e. The van der Waals surface area contributed by atoms with Crippen LogP contribution in [0.1, 0.15) is 20.7 Å². The number of carbonyl (C=O) groups excluding carboxylic acids is 1. The molecule has 0 aliphatic heterocycles. The lowest BCUT2D eigenvalue weighted by molar-refractivity contribution is -0.385. The molecule has 2 rings (SSSR count). The van der Waals surface area contributed by atoms with E-state index in [1.807, 2.05) is 0 Å². The first-order valence-corrected chi connectivity index (χ1v) is 7.86. The van der Waals surface area contributed by atoms with Gasteiger partial charge in [0.15, 0.2) is 23.0 Å². The van der Waals surface area contributed by atoms with Crippen molar-refractivity contribution >= 4 is 23.3 Å². The van der Waals surface area contributed by atoms with Crippen molar-refractivity contribution in [3.8, 4) is 23.0 Å². The molecule has 0 aromatic heterocycles. The fourth-order valence-electron chi connectivity index (χ4n) is 2.45. The number of rotatable bonds is 8. The Balaban J connectivity index is 2.59. The minimum absolute atomic E-state index is 0.00283. The number of benzene rings is 2. The number of hydrogen-bond donors (Lipinski definition) is 1. The highest BCUT2D eigenvalue weighted by molar-refractivity contribution is 5.98. The molecule has 13 nitrogen and oxygen atoms in total. The summed E-state index contributed by atoms with van der Waals surface area (Å²) in [6, 6.07) is 3.43. The lowest BCUT2D eigenvalue weighted by Crippen LogP contribution is -2.13. The smallest absolute Gasteiger partial charge is 0.350 e. The van der Waals surface area contributed by atoms with Crippen molar-refractivity contribution in [2.24, 2.45) is 0 Å². The number of hydrogen-bond acceptors (Lipinski definition) is 10. The number of nitrogens with zero attached hydrogens (tertiary/aromatic N) is 2. The number of carboxylic acids is 1. The molecule has 0 unspecified atom stereocenters. The van der Waals surface area contributed by atoms with Crippen LogP contribution in [0, 0.1) is 20.2 Å². The van der Waals surface area contributed by atoms with Gasteiger partial charge in [-0.15, -0.1) is 0 Å². The first-order valence-electron chi connectivity index (χ1n) is 7.86. The van der Waals surface area contributed by atoms with Gasteiger partial charge in [-0.1, -0.05) is 0 Å². The Bertz CT molecular complexity index is 1050. The minimum Gasteiger partial charge on any atom is -0.493 e. The average molecular weight is 422 g/mol. The quantitative estimate of drug-likeness (QED) is 0.286. The van der Waals surface area contributed by atoms with Gasteiger partial charge < -0.3 is 24.1 Å². The van der Waals surface area contributed by atoms with Crippen LogP contribution in [0.3, 0.4) is 0 Å². The van der Waals surface area contributed by atoms with Crippen LogP contribution in [0.2, 0.25) is 0 Å². The predicted molar refractivity (Wildman–Crippen MR) is 97.8 cm³/mol. The summed E-state index contributed by atoms with van der Waals surface area (Å²) >= 11 is 0. The number of nitro benzene ring substituents is 2. The highest BCUT2D eigenvalue weighted by atomic mass is 16.6. The Hall–Kier alpha value is -4.42. The summed E-state index contributed by atoms with van der Waals surface area (Å²) in [5.41, 5.74) is -2.77. The number of methoxy groups -OCH3 is 3.